The number of fused-ring (bicyclic) bond motifs is 3. The number of piperidine rings is 3. The maximum absolute atomic E-state index is 15.1. The number of alkyl halides is 2. The summed E-state index contributed by atoms with van der Waals surface area (Å²) in [6.07, 6.45) is 1.85. The summed E-state index contributed by atoms with van der Waals surface area (Å²) in [5.74, 6) is -6.18. The topological polar surface area (TPSA) is 114 Å². The van der Waals surface area contributed by atoms with Gasteiger partial charge in [0.15, 0.2) is 0 Å². The van der Waals surface area contributed by atoms with Gasteiger partial charge in [-0.3, -0.25) is 14.4 Å². The van der Waals surface area contributed by atoms with E-state index >= 15 is 8.78 Å². The van der Waals surface area contributed by atoms with Crippen molar-refractivity contribution in [2.45, 2.75) is 88.9 Å². The van der Waals surface area contributed by atoms with Gasteiger partial charge in [0.25, 0.3) is 5.92 Å². The van der Waals surface area contributed by atoms with E-state index in [0.717, 1.165) is 6.42 Å². The minimum absolute atomic E-state index is 0.0888. The fourth-order valence-corrected chi connectivity index (χ4v) is 6.41. The van der Waals surface area contributed by atoms with Crippen molar-refractivity contribution < 1.29 is 23.2 Å². The third-order valence-corrected chi connectivity index (χ3v) is 8.26. The van der Waals surface area contributed by atoms with Gasteiger partial charge in [-0.05, 0) is 62.6 Å². The molecule has 4 fully saturated rings. The molecule has 1 aromatic carbocycles. The molecular weight excluding hydrogens is 528 g/mol. The fourth-order valence-electron chi connectivity index (χ4n) is 6.22. The van der Waals surface area contributed by atoms with Crippen LogP contribution in [0, 0.1) is 29.1 Å². The Labute approximate surface area is 232 Å². The SMILES string of the molecule is CC(C)C[C@H](Nc1cccc(Cl)c1)C(=O)N1[C@H]2CC[C@@H]([C@@H]1C(=O)N[C@H](C#N)C[C@H]1CCCNC1=O)C(F)(F)C2. The molecule has 3 saturated heterocycles. The van der Waals surface area contributed by atoms with E-state index in [1.165, 1.54) is 4.90 Å². The number of nitriles is 1. The van der Waals surface area contributed by atoms with E-state index in [1.807, 2.05) is 19.9 Å². The molecule has 2 bridgehead atoms. The minimum Gasteiger partial charge on any atom is -0.374 e. The Kier molecular flexibility index (Phi) is 9.00. The van der Waals surface area contributed by atoms with Gasteiger partial charge in [-0.25, -0.2) is 8.78 Å². The number of nitrogens with zero attached hydrogens (tertiary/aromatic N) is 2. The van der Waals surface area contributed by atoms with Crippen LogP contribution in [0.4, 0.5) is 14.5 Å². The summed E-state index contributed by atoms with van der Waals surface area (Å²) in [6, 6.07) is 4.91. The molecular formula is C28H36ClF2N5O3. The maximum atomic E-state index is 15.1. The Hall–Kier alpha value is -2.93. The van der Waals surface area contributed by atoms with Gasteiger partial charge in [-0.2, -0.15) is 5.26 Å². The lowest BCUT2D eigenvalue weighted by atomic mass is 9.71. The van der Waals surface area contributed by atoms with Crippen LogP contribution >= 0.6 is 11.6 Å². The highest BCUT2D eigenvalue weighted by atomic mass is 35.5. The van der Waals surface area contributed by atoms with Gasteiger partial charge >= 0.3 is 0 Å². The zero-order valence-corrected chi connectivity index (χ0v) is 23.0. The van der Waals surface area contributed by atoms with Crippen LogP contribution in [-0.2, 0) is 14.4 Å². The average Bonchev–Trinajstić information content (AvgIpc) is 2.87. The summed E-state index contributed by atoms with van der Waals surface area (Å²) in [4.78, 5) is 41.2. The highest BCUT2D eigenvalue weighted by Crippen LogP contribution is 2.49. The molecule has 4 aliphatic rings. The average molecular weight is 564 g/mol. The molecule has 0 aromatic heterocycles. The lowest BCUT2D eigenvalue weighted by Crippen LogP contribution is -2.70. The Morgan fingerprint density at radius 1 is 1.28 bits per heavy atom. The molecule has 5 rings (SSSR count). The first kappa shape index (κ1) is 29.1. The Bertz CT molecular complexity index is 1130. The third-order valence-electron chi connectivity index (χ3n) is 8.02. The first-order valence-corrected chi connectivity index (χ1v) is 14.1. The molecule has 6 atom stereocenters. The molecule has 1 aromatic rings. The van der Waals surface area contributed by atoms with E-state index in [-0.39, 0.29) is 24.7 Å². The molecule has 39 heavy (non-hydrogen) atoms. The number of rotatable bonds is 9. The number of benzene rings is 1. The second-order valence-electron chi connectivity index (χ2n) is 11.4. The summed E-state index contributed by atoms with van der Waals surface area (Å²) >= 11 is 6.13. The van der Waals surface area contributed by atoms with Gasteiger partial charge in [0.05, 0.1) is 12.0 Å². The van der Waals surface area contributed by atoms with Crippen LogP contribution in [0.2, 0.25) is 5.02 Å². The second-order valence-corrected chi connectivity index (χ2v) is 11.8. The molecule has 0 unspecified atom stereocenters. The van der Waals surface area contributed by atoms with Crippen LogP contribution in [0.25, 0.3) is 0 Å². The highest BCUT2D eigenvalue weighted by molar-refractivity contribution is 6.30. The van der Waals surface area contributed by atoms with E-state index < -0.39 is 60.2 Å². The van der Waals surface area contributed by atoms with Gasteiger partial charge < -0.3 is 20.9 Å². The van der Waals surface area contributed by atoms with Crippen LogP contribution < -0.4 is 16.0 Å². The Balaban J connectivity index is 1.58. The smallest absolute Gasteiger partial charge is 0.255 e. The molecule has 3 aliphatic heterocycles. The highest BCUT2D eigenvalue weighted by Gasteiger charge is 2.61. The van der Waals surface area contributed by atoms with E-state index in [1.54, 1.807) is 24.3 Å². The van der Waals surface area contributed by atoms with E-state index in [2.05, 4.69) is 16.0 Å². The molecule has 1 aliphatic carbocycles. The summed E-state index contributed by atoms with van der Waals surface area (Å²) in [6.45, 7) is 4.48. The largest absolute Gasteiger partial charge is 0.374 e. The lowest BCUT2D eigenvalue weighted by molar-refractivity contribution is -0.194. The van der Waals surface area contributed by atoms with Crippen molar-refractivity contribution in [3.05, 3.63) is 29.3 Å². The summed E-state index contributed by atoms with van der Waals surface area (Å²) < 4.78 is 30.3. The number of halogens is 3. The van der Waals surface area contributed by atoms with Crippen LogP contribution in [0.1, 0.15) is 58.8 Å². The standard InChI is InChI=1S/C28H36ClF2N5O3/c1-16(2)11-23(34-19-7-3-6-18(29)13-19)27(39)36-21-8-9-22(28(30,31)14-21)24(36)26(38)35-20(15-32)12-17-5-4-10-33-25(17)37/h3,6-7,13,16-17,20-24,34H,4-5,8-12,14H2,1-2H3,(H,33,37)(H,35,38)/t17-,20+,21+,22+,23+,24-/m1/s1. The number of hydrogen-bond acceptors (Lipinski definition) is 5. The van der Waals surface area contributed by atoms with Crippen molar-refractivity contribution >= 4 is 35.0 Å². The molecule has 8 nitrogen and oxygen atoms in total. The number of anilines is 1. The van der Waals surface area contributed by atoms with Crippen LogP contribution in [-0.4, -0.2) is 59.3 Å². The monoisotopic (exact) mass is 563 g/mol. The Morgan fingerprint density at radius 3 is 2.69 bits per heavy atom. The number of hydrogen-bond donors (Lipinski definition) is 3. The number of nitrogens with one attached hydrogen (secondary N) is 3. The molecule has 1 saturated carbocycles. The number of carbonyl (C=O) groups is 3. The summed E-state index contributed by atoms with van der Waals surface area (Å²) in [7, 11) is 0. The number of amides is 3. The zero-order valence-electron chi connectivity index (χ0n) is 22.3. The fraction of sp³-hybridized carbons (Fsp3) is 0.643. The molecule has 11 heteroatoms. The van der Waals surface area contributed by atoms with Gasteiger partial charge in [0.2, 0.25) is 17.7 Å². The lowest BCUT2D eigenvalue weighted by Gasteiger charge is -2.54. The minimum atomic E-state index is -3.11. The summed E-state index contributed by atoms with van der Waals surface area (Å²) in [5, 5.41) is 18.8. The molecule has 0 spiro atoms. The van der Waals surface area contributed by atoms with Crippen LogP contribution in [0.15, 0.2) is 24.3 Å². The second kappa shape index (κ2) is 12.1. The van der Waals surface area contributed by atoms with Crippen LogP contribution in [0.3, 0.4) is 0 Å². The first-order chi connectivity index (χ1) is 18.5. The van der Waals surface area contributed by atoms with E-state index in [4.69, 9.17) is 11.6 Å². The van der Waals surface area contributed by atoms with Gasteiger partial charge in [0.1, 0.15) is 18.1 Å². The zero-order chi connectivity index (χ0) is 28.3. The van der Waals surface area contributed by atoms with Crippen LogP contribution in [0.5, 0.6) is 0 Å². The van der Waals surface area contributed by atoms with Crippen molar-refractivity contribution in [2.75, 3.05) is 11.9 Å². The molecule has 0 radical (unpaired) electrons. The molecule has 212 valence electrons. The predicted octanol–water partition coefficient (Wildman–Crippen LogP) is 4.11. The predicted molar refractivity (Wildman–Crippen MR) is 143 cm³/mol. The first-order valence-electron chi connectivity index (χ1n) is 13.7. The van der Waals surface area contributed by atoms with E-state index in [9.17, 15) is 19.6 Å². The maximum Gasteiger partial charge on any atom is 0.255 e. The van der Waals surface area contributed by atoms with Gasteiger partial charge in [-0.15, -0.1) is 0 Å². The van der Waals surface area contributed by atoms with Crippen molar-refractivity contribution in [3.63, 3.8) is 0 Å². The molecule has 3 N–H and O–H groups in total. The summed E-state index contributed by atoms with van der Waals surface area (Å²) in [5.41, 5.74) is 0.616. The molecule has 3 amide bonds. The number of carbonyl (C=O) groups excluding carboxylic acids is 3. The normalized spacial score (nSPS) is 27.3. The van der Waals surface area contributed by atoms with Crippen molar-refractivity contribution in [1.82, 2.24) is 15.5 Å². The third kappa shape index (κ3) is 6.63. The molecule has 3 heterocycles. The van der Waals surface area contributed by atoms with Gasteiger partial charge in [-0.1, -0.05) is 31.5 Å². The van der Waals surface area contributed by atoms with Gasteiger partial charge in [0, 0.05) is 35.6 Å². The van der Waals surface area contributed by atoms with Crippen molar-refractivity contribution in [2.24, 2.45) is 17.8 Å². The van der Waals surface area contributed by atoms with E-state index in [0.29, 0.717) is 36.5 Å². The van der Waals surface area contributed by atoms with Crippen molar-refractivity contribution in [3.8, 4) is 6.07 Å². The Morgan fingerprint density at radius 2 is 2.05 bits per heavy atom. The quantitative estimate of drug-likeness (QED) is 0.418. The van der Waals surface area contributed by atoms with Crippen molar-refractivity contribution in [1.29, 1.82) is 5.26 Å².